The molecule has 3 rings (SSSR count). The van der Waals surface area contributed by atoms with Crippen LogP contribution in [0.1, 0.15) is 11.3 Å². The second-order valence-electron chi connectivity index (χ2n) is 5.15. The van der Waals surface area contributed by atoms with Gasteiger partial charge in [0.25, 0.3) is 0 Å². The van der Waals surface area contributed by atoms with Crippen LogP contribution in [0.2, 0.25) is 0 Å². The van der Waals surface area contributed by atoms with E-state index in [-0.39, 0.29) is 0 Å². The number of ether oxygens (including phenoxy) is 1. The van der Waals surface area contributed by atoms with E-state index in [4.69, 9.17) is 4.74 Å². The summed E-state index contributed by atoms with van der Waals surface area (Å²) in [6.07, 6.45) is 2.78. The van der Waals surface area contributed by atoms with Crippen molar-refractivity contribution in [3.8, 4) is 11.4 Å². The van der Waals surface area contributed by atoms with Gasteiger partial charge < -0.3 is 10.1 Å². The monoisotopic (exact) mass is 269 g/mol. The summed E-state index contributed by atoms with van der Waals surface area (Å²) < 4.78 is 5.50. The van der Waals surface area contributed by atoms with E-state index in [1.54, 1.807) is 6.20 Å². The fraction of sp³-hybridized carbons (Fsp3) is 0.375. The maximum absolute atomic E-state index is 5.50. The Hall–Kier alpha value is -1.78. The molecule has 2 aromatic rings. The molecule has 0 unspecified atom stereocenters. The van der Waals surface area contributed by atoms with Crippen molar-refractivity contribution in [2.75, 3.05) is 19.8 Å². The lowest BCUT2D eigenvalue weighted by Crippen LogP contribution is -2.42. The highest BCUT2D eigenvalue weighted by atomic mass is 16.5. The third kappa shape index (κ3) is 3.21. The van der Waals surface area contributed by atoms with Crippen LogP contribution in [0, 0.1) is 6.92 Å². The lowest BCUT2D eigenvalue weighted by molar-refractivity contribution is 0.0770. The van der Waals surface area contributed by atoms with Gasteiger partial charge >= 0.3 is 0 Å². The highest BCUT2D eigenvalue weighted by molar-refractivity contribution is 5.56. The van der Waals surface area contributed by atoms with Gasteiger partial charge in [0.2, 0.25) is 0 Å². The molecule has 1 aliphatic heterocycles. The molecule has 1 N–H and O–H groups in total. The van der Waals surface area contributed by atoms with Crippen molar-refractivity contribution in [2.24, 2.45) is 0 Å². The summed E-state index contributed by atoms with van der Waals surface area (Å²) in [6.45, 7) is 4.52. The van der Waals surface area contributed by atoms with Gasteiger partial charge in [-0.05, 0) is 31.0 Å². The van der Waals surface area contributed by atoms with Crippen LogP contribution in [0.3, 0.4) is 0 Å². The van der Waals surface area contributed by atoms with Gasteiger partial charge in [-0.1, -0.05) is 18.2 Å². The molecule has 1 aliphatic rings. The first kappa shape index (κ1) is 13.2. The molecule has 2 heterocycles. The van der Waals surface area contributed by atoms with Crippen molar-refractivity contribution in [2.45, 2.75) is 19.4 Å². The van der Waals surface area contributed by atoms with Gasteiger partial charge in [0.1, 0.15) is 0 Å². The second-order valence-corrected chi connectivity index (χ2v) is 5.15. The van der Waals surface area contributed by atoms with E-state index in [9.17, 15) is 0 Å². The van der Waals surface area contributed by atoms with E-state index in [0.29, 0.717) is 6.04 Å². The van der Waals surface area contributed by atoms with Crippen LogP contribution in [0.15, 0.2) is 36.5 Å². The van der Waals surface area contributed by atoms with E-state index in [1.807, 2.05) is 13.0 Å². The lowest BCUT2D eigenvalue weighted by atomic mass is 10.0. The maximum Gasteiger partial charge on any atom is 0.159 e. The fourth-order valence-electron chi connectivity index (χ4n) is 2.46. The minimum atomic E-state index is 0.400. The molecule has 20 heavy (non-hydrogen) atoms. The van der Waals surface area contributed by atoms with Gasteiger partial charge in [-0.2, -0.15) is 0 Å². The number of hydrogen-bond donors (Lipinski definition) is 1. The fourth-order valence-corrected chi connectivity index (χ4v) is 2.46. The van der Waals surface area contributed by atoms with Crippen LogP contribution in [0.25, 0.3) is 11.4 Å². The molecule has 1 aromatic carbocycles. The van der Waals surface area contributed by atoms with Gasteiger partial charge in [-0.15, -0.1) is 0 Å². The summed E-state index contributed by atoms with van der Waals surface area (Å²) in [5, 5.41) is 3.48. The largest absolute Gasteiger partial charge is 0.379 e. The van der Waals surface area contributed by atoms with Crippen molar-refractivity contribution in [1.29, 1.82) is 0 Å². The van der Waals surface area contributed by atoms with E-state index in [0.717, 1.165) is 43.3 Å². The Balaban J connectivity index is 1.78. The third-order valence-corrected chi connectivity index (χ3v) is 3.46. The zero-order valence-corrected chi connectivity index (χ0v) is 11.7. The van der Waals surface area contributed by atoms with Gasteiger partial charge in [0, 0.05) is 30.0 Å². The van der Waals surface area contributed by atoms with Gasteiger partial charge in [0.15, 0.2) is 5.82 Å². The molecule has 104 valence electrons. The molecule has 0 amide bonds. The molecule has 1 fully saturated rings. The first-order valence-corrected chi connectivity index (χ1v) is 7.01. The number of morpholine rings is 1. The van der Waals surface area contributed by atoms with E-state index in [2.05, 4.69) is 39.6 Å². The quantitative estimate of drug-likeness (QED) is 0.925. The summed E-state index contributed by atoms with van der Waals surface area (Å²) in [7, 11) is 0. The number of aromatic nitrogens is 2. The maximum atomic E-state index is 5.50. The molecule has 0 bridgehead atoms. The van der Waals surface area contributed by atoms with Crippen LogP contribution < -0.4 is 5.32 Å². The Morgan fingerprint density at radius 2 is 2.30 bits per heavy atom. The first-order valence-electron chi connectivity index (χ1n) is 7.01. The SMILES string of the molecule is Cc1ccnc(-c2cccc(C[C@@H]3COCCN3)c2)n1. The number of rotatable bonds is 3. The smallest absolute Gasteiger partial charge is 0.159 e. The lowest BCUT2D eigenvalue weighted by Gasteiger charge is -2.23. The minimum Gasteiger partial charge on any atom is -0.379 e. The standard InChI is InChI=1S/C16H19N3O/c1-12-5-6-18-16(19-12)14-4-2-3-13(9-14)10-15-11-20-8-7-17-15/h2-6,9,15,17H,7-8,10-11H2,1H3/t15-/m1/s1. The Kier molecular flexibility index (Phi) is 4.04. The molecule has 1 aromatic heterocycles. The van der Waals surface area contributed by atoms with E-state index < -0.39 is 0 Å². The molecular weight excluding hydrogens is 250 g/mol. The van der Waals surface area contributed by atoms with Crippen molar-refractivity contribution < 1.29 is 4.74 Å². The number of nitrogens with zero attached hydrogens (tertiary/aromatic N) is 2. The van der Waals surface area contributed by atoms with Crippen LogP contribution in [0.5, 0.6) is 0 Å². The Labute approximate surface area is 119 Å². The molecule has 4 nitrogen and oxygen atoms in total. The van der Waals surface area contributed by atoms with Crippen molar-refractivity contribution >= 4 is 0 Å². The highest BCUT2D eigenvalue weighted by Gasteiger charge is 2.13. The average Bonchev–Trinajstić information content (AvgIpc) is 2.49. The number of aryl methyl sites for hydroxylation is 1. The van der Waals surface area contributed by atoms with E-state index >= 15 is 0 Å². The summed E-state index contributed by atoms with van der Waals surface area (Å²) in [5.41, 5.74) is 3.35. The van der Waals surface area contributed by atoms with Crippen LogP contribution in [0.4, 0.5) is 0 Å². The van der Waals surface area contributed by atoms with Gasteiger partial charge in [-0.25, -0.2) is 9.97 Å². The molecule has 1 atom stereocenters. The topological polar surface area (TPSA) is 47.0 Å². The third-order valence-electron chi connectivity index (χ3n) is 3.46. The summed E-state index contributed by atoms with van der Waals surface area (Å²) >= 11 is 0. The number of hydrogen-bond acceptors (Lipinski definition) is 4. The number of benzene rings is 1. The number of nitrogens with one attached hydrogen (secondary N) is 1. The summed E-state index contributed by atoms with van der Waals surface area (Å²) in [4.78, 5) is 8.83. The zero-order valence-electron chi connectivity index (χ0n) is 11.7. The molecule has 0 aliphatic carbocycles. The predicted molar refractivity (Wildman–Crippen MR) is 78.5 cm³/mol. The summed E-state index contributed by atoms with van der Waals surface area (Å²) in [5.74, 6) is 0.791. The predicted octanol–water partition coefficient (Wildman–Crippen LogP) is 1.98. The Morgan fingerprint density at radius 3 is 3.10 bits per heavy atom. The molecule has 4 heteroatoms. The van der Waals surface area contributed by atoms with Crippen LogP contribution in [-0.2, 0) is 11.2 Å². The van der Waals surface area contributed by atoms with E-state index in [1.165, 1.54) is 5.56 Å². The van der Waals surface area contributed by atoms with Crippen LogP contribution >= 0.6 is 0 Å². The Bertz CT molecular complexity index is 579. The molecule has 0 radical (unpaired) electrons. The second kappa shape index (κ2) is 6.11. The van der Waals surface area contributed by atoms with Crippen molar-refractivity contribution in [3.63, 3.8) is 0 Å². The normalized spacial score (nSPS) is 18.9. The van der Waals surface area contributed by atoms with Crippen LogP contribution in [-0.4, -0.2) is 35.8 Å². The van der Waals surface area contributed by atoms with Gasteiger partial charge in [-0.3, -0.25) is 0 Å². The van der Waals surface area contributed by atoms with Crippen molar-refractivity contribution in [3.05, 3.63) is 47.8 Å². The molecule has 1 saturated heterocycles. The first-order chi connectivity index (χ1) is 9.81. The molecule has 0 spiro atoms. The zero-order chi connectivity index (χ0) is 13.8. The highest BCUT2D eigenvalue weighted by Crippen LogP contribution is 2.17. The molecule has 0 saturated carbocycles. The minimum absolute atomic E-state index is 0.400. The summed E-state index contributed by atoms with van der Waals surface area (Å²) in [6, 6.07) is 10.8. The van der Waals surface area contributed by atoms with Crippen molar-refractivity contribution in [1.82, 2.24) is 15.3 Å². The molecular formula is C16H19N3O. The Morgan fingerprint density at radius 1 is 1.35 bits per heavy atom. The average molecular weight is 269 g/mol. The van der Waals surface area contributed by atoms with Gasteiger partial charge in [0.05, 0.1) is 13.2 Å².